The van der Waals surface area contributed by atoms with Crippen molar-refractivity contribution in [3.8, 4) is 11.8 Å². The van der Waals surface area contributed by atoms with E-state index in [9.17, 15) is 4.79 Å². The van der Waals surface area contributed by atoms with Gasteiger partial charge in [-0.1, -0.05) is 24.0 Å². The van der Waals surface area contributed by atoms with Crippen molar-refractivity contribution >= 4 is 5.91 Å². The minimum absolute atomic E-state index is 0.134. The number of nitrogens with zero attached hydrogens (tertiary/aromatic N) is 1. The van der Waals surface area contributed by atoms with Gasteiger partial charge in [0.1, 0.15) is 0 Å². The van der Waals surface area contributed by atoms with E-state index in [-0.39, 0.29) is 5.91 Å². The molecule has 2 rings (SSSR count). The van der Waals surface area contributed by atoms with Crippen molar-refractivity contribution in [2.45, 2.75) is 6.54 Å². The van der Waals surface area contributed by atoms with Crippen LogP contribution in [0.3, 0.4) is 0 Å². The number of benzene rings is 1. The molecule has 0 aliphatic heterocycles. The Labute approximate surface area is 118 Å². The monoisotopic (exact) mass is 265 g/mol. The number of pyridine rings is 1. The molecule has 0 spiro atoms. The van der Waals surface area contributed by atoms with E-state index in [2.05, 4.69) is 22.1 Å². The summed E-state index contributed by atoms with van der Waals surface area (Å²) in [5.74, 6) is 5.54. The Hall–Kier alpha value is -2.64. The molecule has 1 amide bonds. The van der Waals surface area contributed by atoms with E-state index in [1.807, 2.05) is 18.2 Å². The minimum atomic E-state index is -0.134. The number of carbonyl (C=O) groups is 1. The Kier molecular flexibility index (Phi) is 4.87. The maximum absolute atomic E-state index is 12.0. The normalized spacial score (nSPS) is 9.45. The molecule has 0 radical (unpaired) electrons. The predicted octanol–water partition coefficient (Wildman–Crippen LogP) is 1.32. The minimum Gasteiger partial charge on any atom is -0.348 e. The topological polar surface area (TPSA) is 68.0 Å². The van der Waals surface area contributed by atoms with Gasteiger partial charge in [-0.25, -0.2) is 0 Å². The maximum atomic E-state index is 12.0. The average molecular weight is 265 g/mol. The summed E-state index contributed by atoms with van der Waals surface area (Å²) in [4.78, 5) is 16.0. The van der Waals surface area contributed by atoms with E-state index >= 15 is 0 Å². The first kappa shape index (κ1) is 13.8. The first-order valence-electron chi connectivity index (χ1n) is 6.25. The summed E-state index contributed by atoms with van der Waals surface area (Å²) in [6.07, 6.45) is 3.42. The van der Waals surface area contributed by atoms with E-state index in [4.69, 9.17) is 5.73 Å². The van der Waals surface area contributed by atoms with Gasteiger partial charge in [-0.15, -0.1) is 0 Å². The van der Waals surface area contributed by atoms with E-state index in [1.54, 1.807) is 30.6 Å². The van der Waals surface area contributed by atoms with Gasteiger partial charge in [-0.05, 0) is 29.8 Å². The predicted molar refractivity (Wildman–Crippen MR) is 77.8 cm³/mol. The van der Waals surface area contributed by atoms with Crippen LogP contribution in [0.5, 0.6) is 0 Å². The molecule has 1 aromatic carbocycles. The van der Waals surface area contributed by atoms with Crippen LogP contribution in [0.1, 0.15) is 21.5 Å². The number of amides is 1. The molecule has 0 fully saturated rings. The molecular formula is C16H15N3O. The van der Waals surface area contributed by atoms with E-state index in [0.29, 0.717) is 18.7 Å². The number of hydrogen-bond acceptors (Lipinski definition) is 3. The maximum Gasteiger partial charge on any atom is 0.251 e. The molecular weight excluding hydrogens is 250 g/mol. The molecule has 0 aliphatic carbocycles. The van der Waals surface area contributed by atoms with E-state index in [0.717, 1.165) is 11.1 Å². The van der Waals surface area contributed by atoms with Crippen LogP contribution in [-0.2, 0) is 6.54 Å². The van der Waals surface area contributed by atoms with Crippen molar-refractivity contribution in [3.63, 3.8) is 0 Å². The van der Waals surface area contributed by atoms with Gasteiger partial charge in [0.2, 0.25) is 0 Å². The zero-order chi connectivity index (χ0) is 14.2. The van der Waals surface area contributed by atoms with Gasteiger partial charge < -0.3 is 11.1 Å². The molecule has 4 heteroatoms. The van der Waals surface area contributed by atoms with Crippen molar-refractivity contribution in [1.29, 1.82) is 0 Å². The lowest BCUT2D eigenvalue weighted by molar-refractivity contribution is 0.0951. The van der Waals surface area contributed by atoms with Crippen LogP contribution in [-0.4, -0.2) is 17.4 Å². The van der Waals surface area contributed by atoms with Crippen molar-refractivity contribution < 1.29 is 4.79 Å². The highest BCUT2D eigenvalue weighted by atomic mass is 16.1. The number of carbonyl (C=O) groups excluding carboxylic acids is 1. The lowest BCUT2D eigenvalue weighted by Crippen LogP contribution is -2.22. The smallest absolute Gasteiger partial charge is 0.251 e. The quantitative estimate of drug-likeness (QED) is 0.822. The second-order valence-electron chi connectivity index (χ2n) is 4.13. The van der Waals surface area contributed by atoms with Crippen LogP contribution in [0.15, 0.2) is 48.8 Å². The number of hydrogen-bond donors (Lipinski definition) is 2. The van der Waals surface area contributed by atoms with Gasteiger partial charge >= 0.3 is 0 Å². The third kappa shape index (κ3) is 3.94. The number of aromatic nitrogens is 1. The lowest BCUT2D eigenvalue weighted by atomic mass is 10.1. The summed E-state index contributed by atoms with van der Waals surface area (Å²) < 4.78 is 0. The first-order valence-corrected chi connectivity index (χ1v) is 6.25. The molecule has 0 bridgehead atoms. The third-order valence-corrected chi connectivity index (χ3v) is 2.64. The second-order valence-corrected chi connectivity index (χ2v) is 4.13. The fourth-order valence-corrected chi connectivity index (χ4v) is 1.68. The summed E-state index contributed by atoms with van der Waals surface area (Å²) in [7, 11) is 0. The molecule has 0 saturated carbocycles. The molecule has 20 heavy (non-hydrogen) atoms. The molecule has 3 N–H and O–H groups in total. The second kappa shape index (κ2) is 7.07. The largest absolute Gasteiger partial charge is 0.348 e. The lowest BCUT2D eigenvalue weighted by Gasteiger charge is -2.05. The fourth-order valence-electron chi connectivity index (χ4n) is 1.68. The third-order valence-electron chi connectivity index (χ3n) is 2.64. The highest BCUT2D eigenvalue weighted by Gasteiger charge is 2.05. The number of nitrogens with two attached hydrogens (primary N) is 1. The van der Waals surface area contributed by atoms with E-state index < -0.39 is 0 Å². The zero-order valence-electron chi connectivity index (χ0n) is 11.0. The molecule has 100 valence electrons. The van der Waals surface area contributed by atoms with E-state index in [1.165, 1.54) is 0 Å². The van der Waals surface area contributed by atoms with Crippen LogP contribution in [0.4, 0.5) is 0 Å². The summed E-state index contributed by atoms with van der Waals surface area (Å²) in [6.45, 7) is 0.753. The SMILES string of the molecule is NCC#Cc1cccc(C(=O)NCc2cccnc2)c1. The zero-order valence-corrected chi connectivity index (χ0v) is 11.0. The van der Waals surface area contributed by atoms with Crippen LogP contribution in [0.2, 0.25) is 0 Å². The highest BCUT2D eigenvalue weighted by Crippen LogP contribution is 2.05. The van der Waals surface area contributed by atoms with Crippen molar-refractivity contribution in [1.82, 2.24) is 10.3 Å². The standard InChI is InChI=1S/C16H15N3O/c17-8-2-5-13-4-1-7-15(10-13)16(20)19-12-14-6-3-9-18-11-14/h1,3-4,6-7,9-11H,8,12,17H2,(H,19,20). The Morgan fingerprint density at radius 3 is 2.95 bits per heavy atom. The van der Waals surface area contributed by atoms with Gasteiger partial charge in [0.25, 0.3) is 5.91 Å². The van der Waals surface area contributed by atoms with Gasteiger partial charge in [-0.3, -0.25) is 9.78 Å². The van der Waals surface area contributed by atoms with Gasteiger partial charge in [-0.2, -0.15) is 0 Å². The summed E-state index contributed by atoms with van der Waals surface area (Å²) in [5.41, 5.74) is 7.65. The van der Waals surface area contributed by atoms with Crippen molar-refractivity contribution in [2.75, 3.05) is 6.54 Å². The molecule has 0 atom stereocenters. The Morgan fingerprint density at radius 2 is 2.20 bits per heavy atom. The molecule has 0 saturated heterocycles. The number of rotatable bonds is 3. The molecule has 0 unspecified atom stereocenters. The van der Waals surface area contributed by atoms with Crippen LogP contribution in [0, 0.1) is 11.8 Å². The molecule has 0 aliphatic rings. The van der Waals surface area contributed by atoms with Crippen molar-refractivity contribution in [2.24, 2.45) is 5.73 Å². The molecule has 4 nitrogen and oxygen atoms in total. The Bertz CT molecular complexity index is 642. The molecule has 1 aromatic heterocycles. The first-order chi connectivity index (χ1) is 9.79. The highest BCUT2D eigenvalue weighted by molar-refractivity contribution is 5.94. The Morgan fingerprint density at radius 1 is 1.30 bits per heavy atom. The van der Waals surface area contributed by atoms with Crippen LogP contribution >= 0.6 is 0 Å². The number of nitrogens with one attached hydrogen (secondary N) is 1. The summed E-state index contributed by atoms with van der Waals surface area (Å²) in [5, 5.41) is 2.85. The van der Waals surface area contributed by atoms with Crippen molar-refractivity contribution in [3.05, 3.63) is 65.5 Å². The fraction of sp³-hybridized carbons (Fsp3) is 0.125. The van der Waals surface area contributed by atoms with Crippen LogP contribution < -0.4 is 11.1 Å². The molecule has 2 aromatic rings. The average Bonchev–Trinajstić information content (AvgIpc) is 2.52. The summed E-state index contributed by atoms with van der Waals surface area (Å²) in [6, 6.07) is 10.9. The van der Waals surface area contributed by atoms with Gasteiger partial charge in [0.15, 0.2) is 0 Å². The van der Waals surface area contributed by atoms with Crippen LogP contribution in [0.25, 0.3) is 0 Å². The van der Waals surface area contributed by atoms with Gasteiger partial charge in [0.05, 0.1) is 6.54 Å². The molecule has 1 heterocycles. The Balaban J connectivity index is 2.02. The van der Waals surface area contributed by atoms with Gasteiger partial charge in [0, 0.05) is 30.1 Å². The summed E-state index contributed by atoms with van der Waals surface area (Å²) >= 11 is 0.